The Labute approximate surface area is 675 Å². The second-order valence-electron chi connectivity index (χ2n) is 30.6. The quantitative estimate of drug-likeness (QED) is 0.121. The largest absolute Gasteiger partial charge is 0.458 e. The summed E-state index contributed by atoms with van der Waals surface area (Å²) in [5, 5.41) is 4.08. The van der Waals surface area contributed by atoms with Crippen molar-refractivity contribution in [2.24, 2.45) is 0 Å². The molecule has 0 radical (unpaired) electrons. The second kappa shape index (κ2) is 26.3. The van der Waals surface area contributed by atoms with E-state index in [2.05, 4.69) is 153 Å². The third kappa shape index (κ3) is 10.5. The topological polar surface area (TPSA) is 49.9 Å². The molecule has 0 fully saturated rings. The molecule has 0 bridgehead atoms. The standard InChI is InChI=1S/C102H76B3N7O2/c1-64-50-66(3)101(67(4)51-64)111-89-62-86-82(103-80-46-28-30-48-88(80)110(76-44-26-13-27-45-76)91-55-77(54-87(106-86)98(91)103)107(70-32-14-7-15-33-70)71-34-16-8-17-35-71)60-83(89)105-85-61-84-90(63-95(85)114-97-59-79(57-93(111)100(97)105)109(74-40-22-11-23-41-74)75-42-24-12-25-43-75)112(102-68(5)52-65(2)53-69(102)6)92-56-78(58-96-99(92)104(84)81-47-29-31-49-94(81)113-96)108(72-36-18-9-19-37-72)73-38-20-10-21-39-73/h7-63,106H,1-6H3/i54D,55D,56D,57D,58D,59D. The zero-order valence-electron chi connectivity index (χ0n) is 69.7. The first-order chi connectivity index (χ1) is 58.6. The summed E-state index contributed by atoms with van der Waals surface area (Å²) < 4.78 is 82.4. The van der Waals surface area contributed by atoms with Gasteiger partial charge in [-0.15, -0.1) is 0 Å². The Morgan fingerprint density at radius 1 is 0.263 bits per heavy atom. The van der Waals surface area contributed by atoms with E-state index in [1.54, 1.807) is 0 Å². The first kappa shape index (κ1) is 60.7. The fourth-order valence-corrected chi connectivity index (χ4v) is 19.1. The third-order valence-corrected chi connectivity index (χ3v) is 23.5. The Morgan fingerprint density at radius 2 is 0.623 bits per heavy atom. The summed E-state index contributed by atoms with van der Waals surface area (Å²) in [5.41, 5.74) is 27.1. The maximum Gasteiger partial charge on any atom is 0.256 e. The van der Waals surface area contributed by atoms with Crippen LogP contribution in [0.15, 0.2) is 346 Å². The van der Waals surface area contributed by atoms with Crippen LogP contribution in [0.2, 0.25) is 0 Å². The van der Waals surface area contributed by atoms with Gasteiger partial charge in [-0.25, -0.2) is 0 Å². The summed E-state index contributed by atoms with van der Waals surface area (Å²) in [6, 6.07) is 106. The lowest BCUT2D eigenvalue weighted by Gasteiger charge is -2.45. The maximum absolute atomic E-state index is 11.6. The molecule has 0 amide bonds. The van der Waals surface area contributed by atoms with E-state index in [1.807, 2.05) is 233 Å². The van der Waals surface area contributed by atoms with Crippen molar-refractivity contribution >= 4 is 183 Å². The second-order valence-corrected chi connectivity index (χ2v) is 30.6. The van der Waals surface area contributed by atoms with Gasteiger partial charge in [-0.1, -0.05) is 211 Å². The van der Waals surface area contributed by atoms with Gasteiger partial charge in [-0.2, -0.15) is 0 Å². The van der Waals surface area contributed by atoms with E-state index >= 15 is 0 Å². The van der Waals surface area contributed by atoms with Crippen LogP contribution in [0.5, 0.6) is 23.0 Å². The van der Waals surface area contributed by atoms with Crippen LogP contribution < -0.4 is 93.4 Å². The molecule has 0 aliphatic carbocycles. The first-order valence-corrected chi connectivity index (χ1v) is 39.1. The number of aryl methyl sites for hydroxylation is 6. The Kier molecular flexibility index (Phi) is 14.0. The van der Waals surface area contributed by atoms with Gasteiger partial charge in [0, 0.05) is 103 Å². The van der Waals surface area contributed by atoms with Gasteiger partial charge in [0.1, 0.15) is 23.0 Å². The van der Waals surface area contributed by atoms with Crippen molar-refractivity contribution in [1.29, 1.82) is 0 Å². The van der Waals surface area contributed by atoms with Crippen molar-refractivity contribution in [3.8, 4) is 23.0 Å². The highest BCUT2D eigenvalue weighted by molar-refractivity contribution is 7.04. The Bertz CT molecular complexity index is 6820. The maximum atomic E-state index is 11.6. The lowest BCUT2D eigenvalue weighted by atomic mass is 9.29. The molecule has 540 valence electrons. The predicted octanol–water partition coefficient (Wildman–Crippen LogP) is 21.1. The summed E-state index contributed by atoms with van der Waals surface area (Å²) in [6.07, 6.45) is 0. The summed E-state index contributed by atoms with van der Waals surface area (Å²) in [4.78, 5) is 12.8. The number of nitrogens with zero attached hydrogens (tertiary/aromatic N) is 6. The molecule has 1 N–H and O–H groups in total. The molecule has 114 heavy (non-hydrogen) atoms. The minimum atomic E-state index is -0.777. The molecule has 22 rings (SSSR count). The molecular formula is C102H76B3N7O2. The zero-order chi connectivity index (χ0) is 81.4. The van der Waals surface area contributed by atoms with Crippen LogP contribution in [-0.4, -0.2) is 20.1 Å². The Hall–Kier alpha value is -14.1. The van der Waals surface area contributed by atoms with E-state index in [-0.39, 0.29) is 42.0 Å². The lowest BCUT2D eigenvalue weighted by Crippen LogP contribution is -2.65. The number of hydrogen-bond acceptors (Lipinski definition) is 9. The Balaban J connectivity index is 0.872. The molecule has 12 heteroatoms. The van der Waals surface area contributed by atoms with Crippen LogP contribution in [0, 0.1) is 41.5 Å². The van der Waals surface area contributed by atoms with Gasteiger partial charge >= 0.3 is 0 Å². The summed E-state index contributed by atoms with van der Waals surface area (Å²) in [7, 11) is 0. The molecule has 0 atom stereocenters. The van der Waals surface area contributed by atoms with Crippen LogP contribution in [0.3, 0.4) is 0 Å². The summed E-state index contributed by atoms with van der Waals surface area (Å²) >= 11 is 0. The van der Waals surface area contributed by atoms with Crippen LogP contribution in [0.4, 0.5) is 114 Å². The SMILES string of the molecule is [2H]c1c2c3c(c([2H])c1N(c1ccccc1)c1ccccc1)N(c1ccccc1)c1ccccc1B3c1cc3c(cc1N2)N(c1c(C)cc(C)cc1C)c1c([2H])c(N(c2ccccc2)c2ccccc2)c([2H])c2c1B3c1cc3c(cc1O2)N(c1c(C)cc(C)cc1C)c1c([2H])c(N(c2ccccc2)c2ccccc2)c([2H])c2c1B3c1ccccc1O2. The number of para-hydroxylation sites is 9. The molecule has 9 nitrogen and oxygen atoms in total. The van der Waals surface area contributed by atoms with Crippen LogP contribution >= 0.6 is 0 Å². The average Bonchev–Trinajstić information content (AvgIpc) is 0.674. The highest BCUT2D eigenvalue weighted by Crippen LogP contribution is 2.53. The van der Waals surface area contributed by atoms with Gasteiger partial charge in [0.05, 0.1) is 36.7 Å². The third-order valence-electron chi connectivity index (χ3n) is 23.5. The molecule has 6 aliphatic rings. The fourth-order valence-electron chi connectivity index (χ4n) is 19.1. The van der Waals surface area contributed by atoms with Crippen LogP contribution in [0.25, 0.3) is 0 Å². The first-order valence-electron chi connectivity index (χ1n) is 42.1. The van der Waals surface area contributed by atoms with E-state index in [0.29, 0.717) is 68.0 Å². The molecule has 6 heterocycles. The molecular weight excluding hydrogens is 1390 g/mol. The highest BCUT2D eigenvalue weighted by atomic mass is 16.5. The van der Waals surface area contributed by atoms with Crippen molar-refractivity contribution < 1.29 is 17.7 Å². The smallest absolute Gasteiger partial charge is 0.256 e. The molecule has 0 saturated carbocycles. The van der Waals surface area contributed by atoms with Crippen molar-refractivity contribution in [3.05, 3.63) is 379 Å². The van der Waals surface area contributed by atoms with E-state index in [9.17, 15) is 8.22 Å². The molecule has 0 aromatic heterocycles. The predicted molar refractivity (Wildman–Crippen MR) is 480 cm³/mol. The van der Waals surface area contributed by atoms with Gasteiger partial charge in [0.25, 0.3) is 20.1 Å². The minimum absolute atomic E-state index is 0.0150. The number of benzene rings is 16. The molecule has 16 aromatic carbocycles. The van der Waals surface area contributed by atoms with Crippen LogP contribution in [0.1, 0.15) is 41.6 Å². The highest BCUT2D eigenvalue weighted by Gasteiger charge is 2.50. The number of ether oxygens (including phenoxy) is 2. The van der Waals surface area contributed by atoms with Gasteiger partial charge in [-0.05, 0) is 240 Å². The van der Waals surface area contributed by atoms with Crippen molar-refractivity contribution in [3.63, 3.8) is 0 Å². The van der Waals surface area contributed by atoms with Crippen LogP contribution in [-0.2, 0) is 0 Å². The molecule has 16 aromatic rings. The van der Waals surface area contributed by atoms with Crippen molar-refractivity contribution in [1.82, 2.24) is 0 Å². The van der Waals surface area contributed by atoms with Gasteiger partial charge < -0.3 is 44.2 Å². The van der Waals surface area contributed by atoms with E-state index in [0.717, 1.165) is 146 Å². The normalized spacial score (nSPS) is 13.8. The summed E-state index contributed by atoms with van der Waals surface area (Å²) in [6.45, 7) is 10.8. The summed E-state index contributed by atoms with van der Waals surface area (Å²) in [5.74, 6) is 1.70. The number of anilines is 20. The van der Waals surface area contributed by atoms with Gasteiger partial charge in [0.2, 0.25) is 0 Å². The number of fused-ring (bicyclic) bond motifs is 12. The van der Waals surface area contributed by atoms with Crippen molar-refractivity contribution in [2.45, 2.75) is 41.5 Å². The van der Waals surface area contributed by atoms with E-state index in [1.165, 1.54) is 0 Å². The molecule has 0 unspecified atom stereocenters. The monoisotopic (exact) mass is 1470 g/mol. The number of nitrogens with one attached hydrogen (secondary N) is 1. The van der Waals surface area contributed by atoms with Crippen molar-refractivity contribution in [2.75, 3.05) is 34.7 Å². The van der Waals surface area contributed by atoms with Gasteiger partial charge in [-0.3, -0.25) is 0 Å². The zero-order valence-corrected chi connectivity index (χ0v) is 63.7. The number of rotatable bonds is 12. The minimum Gasteiger partial charge on any atom is -0.458 e. The number of hydrogen-bond donors (Lipinski definition) is 1. The van der Waals surface area contributed by atoms with Gasteiger partial charge in [0.15, 0.2) is 0 Å². The Morgan fingerprint density at radius 3 is 1.09 bits per heavy atom. The van der Waals surface area contributed by atoms with E-state index in [4.69, 9.17) is 9.47 Å². The molecule has 0 saturated heterocycles. The molecule has 0 spiro atoms. The fraction of sp³-hybridized carbons (Fsp3) is 0.0588. The lowest BCUT2D eigenvalue weighted by molar-refractivity contribution is 0.487. The molecule has 6 aliphatic heterocycles. The van der Waals surface area contributed by atoms with E-state index < -0.39 is 20.1 Å². The average molecular weight is 1470 g/mol.